The molecule has 2 aliphatic rings. The predicted molar refractivity (Wildman–Crippen MR) is 215 cm³/mol. The molecule has 0 radical (unpaired) electrons. The molecule has 8 aromatic rings. The lowest BCUT2D eigenvalue weighted by molar-refractivity contribution is 0.660. The maximum atomic E-state index is 2.55. The number of hydrogen-bond acceptors (Lipinski definition) is 2. The van der Waals surface area contributed by atoms with Crippen LogP contribution in [0.1, 0.15) is 49.9 Å². The van der Waals surface area contributed by atoms with Gasteiger partial charge in [0.15, 0.2) is 0 Å². The molecule has 0 unspecified atom stereocenters. The first kappa shape index (κ1) is 29.5. The number of thiophene rings is 1. The highest BCUT2D eigenvalue weighted by Gasteiger charge is 2.40. The van der Waals surface area contributed by atoms with Gasteiger partial charge in [-0.2, -0.15) is 0 Å². The standard InChI is InChI=1S/C48H37NS/c1-47(2)39-19-9-6-16-34(39)38-29-31(25-27-41(38)47)49(43-22-13-18-37-33-15-5-10-20-40(33)48(3,4)46(37)43)42-21-11-7-14-32(42)30-24-26-36-35-17-8-12-23-44(35)50-45(36)28-30/h5-29H,1-4H3. The summed E-state index contributed by atoms with van der Waals surface area (Å²) < 4.78 is 2.65. The Bertz CT molecular complexity index is 2670. The quantitative estimate of drug-likeness (QED) is 0.182. The Morgan fingerprint density at radius 2 is 1.02 bits per heavy atom. The number of nitrogens with zero attached hydrogens (tertiary/aromatic N) is 1. The Balaban J connectivity index is 1.24. The SMILES string of the molecule is CC1(C)c2ccccc2-c2cc(N(c3ccccc3-c3ccc4c(c3)sc3ccccc34)c3cccc4c3C(C)(C)c3ccccc3-4)ccc21. The van der Waals surface area contributed by atoms with Crippen LogP contribution in [0.4, 0.5) is 17.1 Å². The molecular formula is C48H37NS. The highest BCUT2D eigenvalue weighted by molar-refractivity contribution is 7.25. The molecule has 240 valence electrons. The fraction of sp³-hybridized carbons (Fsp3) is 0.125. The average molecular weight is 660 g/mol. The monoisotopic (exact) mass is 659 g/mol. The molecule has 2 aliphatic carbocycles. The molecule has 0 saturated carbocycles. The highest BCUT2D eigenvalue weighted by atomic mass is 32.1. The van der Waals surface area contributed by atoms with Crippen LogP contribution in [0.5, 0.6) is 0 Å². The van der Waals surface area contributed by atoms with Crippen molar-refractivity contribution in [3.8, 4) is 33.4 Å². The van der Waals surface area contributed by atoms with Crippen LogP contribution in [-0.4, -0.2) is 0 Å². The molecule has 10 rings (SSSR count). The van der Waals surface area contributed by atoms with E-state index in [2.05, 4.69) is 184 Å². The van der Waals surface area contributed by atoms with Crippen molar-refractivity contribution in [3.63, 3.8) is 0 Å². The number of para-hydroxylation sites is 1. The number of fused-ring (bicyclic) bond motifs is 9. The zero-order valence-corrected chi connectivity index (χ0v) is 29.6. The lowest BCUT2D eigenvalue weighted by Crippen LogP contribution is -2.21. The molecule has 0 atom stereocenters. The first-order valence-corrected chi connectivity index (χ1v) is 18.4. The van der Waals surface area contributed by atoms with E-state index in [1.807, 2.05) is 11.3 Å². The summed E-state index contributed by atoms with van der Waals surface area (Å²) in [6.07, 6.45) is 0. The maximum Gasteiger partial charge on any atom is 0.0540 e. The Kier molecular flexibility index (Phi) is 6.21. The van der Waals surface area contributed by atoms with Gasteiger partial charge in [-0.15, -0.1) is 11.3 Å². The van der Waals surface area contributed by atoms with Gasteiger partial charge in [-0.1, -0.05) is 143 Å². The molecule has 0 amide bonds. The minimum Gasteiger partial charge on any atom is -0.310 e. The fourth-order valence-electron chi connectivity index (χ4n) is 9.07. The normalized spacial score (nSPS) is 14.7. The van der Waals surface area contributed by atoms with Gasteiger partial charge < -0.3 is 4.90 Å². The third-order valence-electron chi connectivity index (χ3n) is 11.5. The molecule has 0 bridgehead atoms. The van der Waals surface area contributed by atoms with Gasteiger partial charge in [0.2, 0.25) is 0 Å². The van der Waals surface area contributed by atoms with Crippen LogP contribution in [0.15, 0.2) is 152 Å². The van der Waals surface area contributed by atoms with E-state index in [9.17, 15) is 0 Å². The van der Waals surface area contributed by atoms with E-state index >= 15 is 0 Å². The van der Waals surface area contributed by atoms with E-state index in [-0.39, 0.29) is 10.8 Å². The van der Waals surface area contributed by atoms with Crippen LogP contribution in [0.3, 0.4) is 0 Å². The fourth-order valence-corrected chi connectivity index (χ4v) is 10.2. The minimum atomic E-state index is -0.170. The van der Waals surface area contributed by atoms with Gasteiger partial charge in [0.25, 0.3) is 0 Å². The molecular weight excluding hydrogens is 623 g/mol. The second kappa shape index (κ2) is 10.5. The van der Waals surface area contributed by atoms with E-state index in [4.69, 9.17) is 0 Å². The van der Waals surface area contributed by atoms with Crippen molar-refractivity contribution in [3.05, 3.63) is 174 Å². The van der Waals surface area contributed by atoms with E-state index in [0.717, 1.165) is 0 Å². The summed E-state index contributed by atoms with van der Waals surface area (Å²) in [6.45, 7) is 9.50. The zero-order chi connectivity index (χ0) is 33.8. The van der Waals surface area contributed by atoms with Crippen molar-refractivity contribution in [1.29, 1.82) is 0 Å². The minimum absolute atomic E-state index is 0.0511. The molecule has 0 saturated heterocycles. The van der Waals surface area contributed by atoms with Crippen molar-refractivity contribution in [2.24, 2.45) is 0 Å². The van der Waals surface area contributed by atoms with Gasteiger partial charge in [-0.25, -0.2) is 0 Å². The second-order valence-corrected chi connectivity index (χ2v) is 16.0. The Labute approximate surface area is 298 Å². The van der Waals surface area contributed by atoms with E-state index in [1.54, 1.807) is 0 Å². The molecule has 2 heteroatoms. The smallest absolute Gasteiger partial charge is 0.0540 e. The van der Waals surface area contributed by atoms with Crippen LogP contribution >= 0.6 is 11.3 Å². The number of anilines is 3. The summed E-state index contributed by atoms with van der Waals surface area (Å²) in [5, 5.41) is 2.65. The van der Waals surface area contributed by atoms with E-state index in [0.29, 0.717) is 0 Å². The Hall–Kier alpha value is -5.44. The molecule has 0 fully saturated rings. The summed E-state index contributed by atoms with van der Waals surface area (Å²) in [5.41, 5.74) is 16.7. The average Bonchev–Trinajstić information content (AvgIpc) is 3.72. The molecule has 0 N–H and O–H groups in total. The van der Waals surface area contributed by atoms with E-state index in [1.165, 1.54) is 92.9 Å². The van der Waals surface area contributed by atoms with Crippen molar-refractivity contribution in [2.75, 3.05) is 4.90 Å². The van der Waals surface area contributed by atoms with Gasteiger partial charge in [-0.3, -0.25) is 0 Å². The first-order valence-electron chi connectivity index (χ1n) is 17.6. The third kappa shape index (κ3) is 4.06. The molecule has 1 aromatic heterocycles. The highest BCUT2D eigenvalue weighted by Crippen LogP contribution is 2.56. The first-order chi connectivity index (χ1) is 24.3. The molecule has 1 heterocycles. The predicted octanol–water partition coefficient (Wildman–Crippen LogP) is 13.8. The number of hydrogen-bond donors (Lipinski definition) is 0. The van der Waals surface area contributed by atoms with Crippen LogP contribution in [-0.2, 0) is 10.8 Å². The molecule has 50 heavy (non-hydrogen) atoms. The van der Waals surface area contributed by atoms with Crippen molar-refractivity contribution < 1.29 is 0 Å². The summed E-state index contributed by atoms with van der Waals surface area (Å²) >= 11 is 1.88. The topological polar surface area (TPSA) is 3.24 Å². The van der Waals surface area contributed by atoms with E-state index < -0.39 is 0 Å². The molecule has 0 aliphatic heterocycles. The summed E-state index contributed by atoms with van der Waals surface area (Å²) in [6, 6.07) is 56.8. The largest absolute Gasteiger partial charge is 0.310 e. The van der Waals surface area contributed by atoms with Crippen molar-refractivity contribution in [1.82, 2.24) is 0 Å². The van der Waals surface area contributed by atoms with Crippen LogP contribution < -0.4 is 4.90 Å². The maximum absolute atomic E-state index is 2.55. The Morgan fingerprint density at radius 3 is 1.84 bits per heavy atom. The summed E-state index contributed by atoms with van der Waals surface area (Å²) in [7, 11) is 0. The Morgan fingerprint density at radius 1 is 0.420 bits per heavy atom. The molecule has 0 spiro atoms. The van der Waals surface area contributed by atoms with Crippen LogP contribution in [0.25, 0.3) is 53.6 Å². The zero-order valence-electron chi connectivity index (χ0n) is 28.8. The number of benzene rings is 7. The molecule has 1 nitrogen and oxygen atoms in total. The summed E-state index contributed by atoms with van der Waals surface area (Å²) in [4.78, 5) is 2.55. The van der Waals surface area contributed by atoms with Crippen LogP contribution in [0, 0.1) is 0 Å². The van der Waals surface area contributed by atoms with Crippen LogP contribution in [0.2, 0.25) is 0 Å². The van der Waals surface area contributed by atoms with Gasteiger partial charge in [0, 0.05) is 42.3 Å². The third-order valence-corrected chi connectivity index (χ3v) is 12.6. The van der Waals surface area contributed by atoms with Crippen molar-refractivity contribution >= 4 is 48.6 Å². The van der Waals surface area contributed by atoms with Crippen molar-refractivity contribution in [2.45, 2.75) is 38.5 Å². The summed E-state index contributed by atoms with van der Waals surface area (Å²) in [5.74, 6) is 0. The second-order valence-electron chi connectivity index (χ2n) is 14.9. The lowest BCUT2D eigenvalue weighted by Gasteiger charge is -2.34. The lowest BCUT2D eigenvalue weighted by atomic mass is 9.81. The molecule has 7 aromatic carbocycles. The van der Waals surface area contributed by atoms with Gasteiger partial charge in [-0.05, 0) is 86.5 Å². The van der Waals surface area contributed by atoms with Gasteiger partial charge in [0.1, 0.15) is 0 Å². The van der Waals surface area contributed by atoms with Gasteiger partial charge >= 0.3 is 0 Å². The van der Waals surface area contributed by atoms with Gasteiger partial charge in [0.05, 0.1) is 11.4 Å². The number of rotatable bonds is 4.